The molecule has 0 saturated carbocycles. The Morgan fingerprint density at radius 3 is 1.19 bits per heavy atom. The molecule has 6 rings (SSSR count). The molecule has 4 aromatic carbocycles. The average Bonchev–Trinajstić information content (AvgIpc) is 3.34. The summed E-state index contributed by atoms with van der Waals surface area (Å²) in [4.78, 5) is 40.1. The molecule has 7 N–H and O–H groups in total. The van der Waals surface area contributed by atoms with E-state index < -0.39 is 77.3 Å². The zero-order valence-electron chi connectivity index (χ0n) is 39.5. The van der Waals surface area contributed by atoms with Crippen molar-refractivity contribution in [2.75, 3.05) is 69.1 Å². The van der Waals surface area contributed by atoms with Crippen LogP contribution in [0.1, 0.15) is 26.5 Å². The summed E-state index contributed by atoms with van der Waals surface area (Å²) >= 11 is 0. The third-order valence-corrected chi connectivity index (χ3v) is 21.6. The molecule has 0 bridgehead atoms. The van der Waals surface area contributed by atoms with Gasteiger partial charge in [0, 0.05) is 64.2 Å². The predicted molar refractivity (Wildman–Crippen MR) is 270 cm³/mol. The van der Waals surface area contributed by atoms with Crippen LogP contribution in [0, 0.1) is 0 Å². The monoisotopic (exact) mass is 1130 g/mol. The first-order chi connectivity index (χ1) is 33.9. The summed E-state index contributed by atoms with van der Waals surface area (Å²) in [7, 11) is -17.3. The van der Waals surface area contributed by atoms with Gasteiger partial charge in [-0.25, -0.2) is 58.4 Å². The number of sulfone groups is 4. The molecule has 0 fully saturated rings. The molecular weight excluding hydrogens is 1080 g/mol. The third kappa shape index (κ3) is 16.3. The number of Topliss-reactive ketones (excluding diaryl/α,β-unsaturated/α-hetero) is 1. The Morgan fingerprint density at radius 2 is 0.849 bits per heavy atom. The minimum Gasteiger partial charge on any atom is -0.476 e. The number of aromatic carboxylic acids is 1. The van der Waals surface area contributed by atoms with Crippen LogP contribution in [0.25, 0.3) is 22.5 Å². The van der Waals surface area contributed by atoms with Crippen molar-refractivity contribution < 1.29 is 75.6 Å². The summed E-state index contributed by atoms with van der Waals surface area (Å²) in [5, 5.41) is 8.93. The average molecular weight is 1130 g/mol. The summed E-state index contributed by atoms with van der Waals surface area (Å²) in [5.41, 5.74) is 17.5. The zero-order valence-corrected chi connectivity index (χ0v) is 44.6. The SMILES string of the molecule is COP(=O)(CS(=O)(=O)c1ccc(CC(=O)c2nc(-c3ccc(S(C)(=O)=O)cc3)cnc2N)cc1)OC.COP(=O)(CS(=O)(=O)c1ccc(N)cc1)OC.CS(=O)(=O)c1ccc(-c2cnc(N)c(C(=O)O)n2)cc1. The Morgan fingerprint density at radius 1 is 0.521 bits per heavy atom. The van der Waals surface area contributed by atoms with Gasteiger partial charge in [0.15, 0.2) is 73.4 Å². The molecule has 0 aliphatic rings. The largest absolute Gasteiger partial charge is 0.476 e. The van der Waals surface area contributed by atoms with Crippen LogP contribution in [0.3, 0.4) is 0 Å². The number of carbonyl (C=O) groups excluding carboxylic acids is 1. The molecule has 0 aliphatic carbocycles. The normalized spacial score (nSPS) is 12.1. The van der Waals surface area contributed by atoms with Crippen LogP contribution in [0.2, 0.25) is 0 Å². The van der Waals surface area contributed by atoms with E-state index in [0.29, 0.717) is 33.8 Å². The van der Waals surface area contributed by atoms with Crippen LogP contribution in [-0.2, 0) is 73.0 Å². The number of rotatable bonds is 18. The number of nitrogen functional groups attached to an aromatic ring is 3. The molecule has 0 saturated heterocycles. The van der Waals surface area contributed by atoms with Gasteiger partial charge in [0.05, 0.1) is 43.4 Å². The predicted octanol–water partition coefficient (Wildman–Crippen LogP) is 5.09. The highest BCUT2D eigenvalue weighted by molar-refractivity contribution is 7.98. The summed E-state index contributed by atoms with van der Waals surface area (Å²) in [5.74, 6) is -1.97. The van der Waals surface area contributed by atoms with Crippen molar-refractivity contribution >= 4 is 83.6 Å². The fourth-order valence-electron chi connectivity index (χ4n) is 5.87. The zero-order chi connectivity index (χ0) is 54.7. The van der Waals surface area contributed by atoms with Gasteiger partial charge in [-0.05, 0) is 66.2 Å². The number of carboxylic acid groups (broad SMARTS) is 1. The molecule has 6 aromatic rings. The number of nitrogens with two attached hydrogens (primary N) is 3. The molecule has 0 aliphatic heterocycles. The Bertz CT molecular complexity index is 3520. The fraction of sp³-hybridized carbons (Fsp3) is 0.209. The van der Waals surface area contributed by atoms with Gasteiger partial charge in [0.25, 0.3) is 0 Å². The second kappa shape index (κ2) is 24.1. The van der Waals surface area contributed by atoms with Gasteiger partial charge in [-0.1, -0.05) is 36.4 Å². The second-order valence-electron chi connectivity index (χ2n) is 15.1. The van der Waals surface area contributed by atoms with E-state index in [1.54, 1.807) is 12.1 Å². The highest BCUT2D eigenvalue weighted by atomic mass is 32.2. The van der Waals surface area contributed by atoms with E-state index in [9.17, 15) is 52.4 Å². The van der Waals surface area contributed by atoms with Crippen LogP contribution < -0.4 is 17.2 Å². The van der Waals surface area contributed by atoms with Crippen molar-refractivity contribution in [2.24, 2.45) is 0 Å². The molecule has 30 heteroatoms. The first kappa shape index (κ1) is 59.2. The topological polar surface area (TPSA) is 392 Å². The standard InChI is InChI=1S/C22H24N3O8PS2.C12H11N3O4S.C9H14NO5PS/c1-32-34(27,33-2)14-36(30,31)18-8-4-15(5-9-18)12-20(26)21-22(23)24-13-19(25-21)16-6-10-17(11-7-16)35(3,28)29;1-20(18,19)8-4-2-7(3-5-8)9-6-14-11(13)10(15-9)12(16)17;1-14-16(11,15-2)7-17(12,13)9-5-3-8(10)4-6-9/h4-11,13H,12,14H2,1-3H3,(H2,23,24);2-6H,1H3,(H2,13,14)(H,16,17);3-6H,7,10H2,1-2H3. The number of carbonyl (C=O) groups is 2. The number of aromatic nitrogens is 4. The van der Waals surface area contributed by atoms with Crippen molar-refractivity contribution in [1.29, 1.82) is 0 Å². The van der Waals surface area contributed by atoms with E-state index in [1.807, 2.05) is 0 Å². The van der Waals surface area contributed by atoms with Crippen molar-refractivity contribution in [3.8, 4) is 22.5 Å². The lowest BCUT2D eigenvalue weighted by molar-refractivity contribution is 0.0691. The summed E-state index contributed by atoms with van der Waals surface area (Å²) in [6.45, 7) is 0. The molecule has 0 unspecified atom stereocenters. The van der Waals surface area contributed by atoms with Crippen molar-refractivity contribution in [2.45, 2.75) is 26.0 Å². The first-order valence-corrected chi connectivity index (χ1v) is 30.9. The third-order valence-electron chi connectivity index (χ3n) is 9.88. The maximum atomic E-state index is 12.9. The molecule has 0 radical (unpaired) electrons. The van der Waals surface area contributed by atoms with E-state index in [1.165, 1.54) is 97.3 Å². The lowest BCUT2D eigenvalue weighted by Crippen LogP contribution is -2.12. The molecule has 24 nitrogen and oxygen atoms in total. The van der Waals surface area contributed by atoms with Gasteiger partial charge in [-0.3, -0.25) is 13.9 Å². The number of carboxylic acids is 1. The van der Waals surface area contributed by atoms with Crippen LogP contribution in [0.15, 0.2) is 129 Å². The molecule has 0 atom stereocenters. The summed E-state index contributed by atoms with van der Waals surface area (Å²) in [6, 6.07) is 23.0. The Labute approximate surface area is 421 Å². The van der Waals surface area contributed by atoms with Crippen LogP contribution in [-0.4, -0.2) is 122 Å². The molecule has 0 spiro atoms. The second-order valence-corrected chi connectivity index (χ2v) is 28.5. The molecule has 73 heavy (non-hydrogen) atoms. The smallest absolute Gasteiger partial charge is 0.358 e. The van der Waals surface area contributed by atoms with Gasteiger partial charge in [0.1, 0.15) is 5.69 Å². The Balaban J connectivity index is 0.000000262. The number of benzene rings is 4. The molecule has 2 aromatic heterocycles. The maximum absolute atomic E-state index is 12.9. The summed E-state index contributed by atoms with van der Waals surface area (Å²) in [6.07, 6.45) is 4.77. The van der Waals surface area contributed by atoms with Crippen molar-refractivity contribution in [1.82, 2.24) is 19.9 Å². The number of hydrogen-bond acceptors (Lipinski definition) is 23. The van der Waals surface area contributed by atoms with E-state index in [4.69, 9.17) is 31.4 Å². The number of ketones is 1. The Hall–Kier alpha value is -6.32. The van der Waals surface area contributed by atoms with Crippen molar-refractivity contribution in [3.05, 3.63) is 126 Å². The quantitative estimate of drug-likeness (QED) is 0.0495. The number of nitrogens with zero attached hydrogens (tertiary/aromatic N) is 4. The number of anilines is 3. The van der Waals surface area contributed by atoms with Gasteiger partial charge in [-0.15, -0.1) is 0 Å². The minimum atomic E-state index is -3.97. The molecule has 2 heterocycles. The molecule has 392 valence electrons. The summed E-state index contributed by atoms with van der Waals surface area (Å²) < 4.78 is 137. The lowest BCUT2D eigenvalue weighted by Gasteiger charge is -2.14. The molecular formula is C43H49N7O17P2S4. The van der Waals surface area contributed by atoms with Crippen molar-refractivity contribution in [3.63, 3.8) is 0 Å². The first-order valence-electron chi connectivity index (χ1n) is 20.3. The molecule has 0 amide bonds. The highest BCUT2D eigenvalue weighted by Crippen LogP contribution is 2.49. The maximum Gasteiger partial charge on any atom is 0.358 e. The van der Waals surface area contributed by atoms with Crippen LogP contribution in [0.4, 0.5) is 17.3 Å². The Kier molecular flexibility index (Phi) is 19.6. The van der Waals surface area contributed by atoms with E-state index in [-0.39, 0.29) is 49.0 Å². The number of hydrogen-bond donors (Lipinski definition) is 4. The lowest BCUT2D eigenvalue weighted by atomic mass is 10.1. The minimum absolute atomic E-state index is 0.0287. The van der Waals surface area contributed by atoms with E-state index in [0.717, 1.165) is 41.0 Å². The fourth-order valence-corrected chi connectivity index (χ4v) is 14.7. The van der Waals surface area contributed by atoms with E-state index in [2.05, 4.69) is 29.0 Å². The van der Waals surface area contributed by atoms with Gasteiger partial charge < -0.3 is 40.4 Å². The van der Waals surface area contributed by atoms with E-state index >= 15 is 0 Å². The van der Waals surface area contributed by atoms with Gasteiger partial charge >= 0.3 is 21.2 Å². The van der Waals surface area contributed by atoms with Crippen LogP contribution in [0.5, 0.6) is 0 Å². The van der Waals surface area contributed by atoms with Crippen LogP contribution >= 0.6 is 15.2 Å². The van der Waals surface area contributed by atoms with Gasteiger partial charge in [0.2, 0.25) is 0 Å². The van der Waals surface area contributed by atoms with Gasteiger partial charge in [-0.2, -0.15) is 0 Å². The highest BCUT2D eigenvalue weighted by Gasteiger charge is 2.32.